The number of methoxy groups -OCH3 is 1. The van der Waals surface area contributed by atoms with Gasteiger partial charge in [-0.1, -0.05) is 18.2 Å². The number of carbonyl (C=O) groups excluding carboxylic acids is 3. The quantitative estimate of drug-likeness (QED) is 0.772. The van der Waals surface area contributed by atoms with Gasteiger partial charge in [-0.15, -0.1) is 0 Å². The van der Waals surface area contributed by atoms with Crippen molar-refractivity contribution in [2.75, 3.05) is 44.7 Å². The first kappa shape index (κ1) is 17.3. The van der Waals surface area contributed by atoms with Gasteiger partial charge in [-0.05, 0) is 25.0 Å². The molecule has 2 fully saturated rings. The molecule has 1 aromatic carbocycles. The lowest BCUT2D eigenvalue weighted by Gasteiger charge is -2.31. The summed E-state index contributed by atoms with van der Waals surface area (Å²) in [4.78, 5) is 41.6. The second-order valence-electron chi connectivity index (χ2n) is 6.37. The molecule has 0 unspecified atom stereocenters. The third-order valence-electron chi connectivity index (χ3n) is 4.87. The van der Waals surface area contributed by atoms with Gasteiger partial charge in [0.2, 0.25) is 5.91 Å². The zero-order valence-corrected chi connectivity index (χ0v) is 14.4. The number of rotatable bonds is 4. The molecule has 2 heterocycles. The van der Waals surface area contributed by atoms with Gasteiger partial charge in [-0.3, -0.25) is 14.5 Å². The Morgan fingerprint density at radius 2 is 1.76 bits per heavy atom. The molecule has 1 aromatic rings. The largest absolute Gasteiger partial charge is 0.469 e. The van der Waals surface area contributed by atoms with Gasteiger partial charge in [0.15, 0.2) is 0 Å². The van der Waals surface area contributed by atoms with Crippen molar-refractivity contribution in [3.63, 3.8) is 0 Å². The minimum Gasteiger partial charge on any atom is -0.469 e. The Balaban J connectivity index is 1.52. The molecule has 7 heteroatoms. The summed E-state index contributed by atoms with van der Waals surface area (Å²) in [6.07, 6.45) is 1.23. The summed E-state index contributed by atoms with van der Waals surface area (Å²) in [5.41, 5.74) is 0.848. The zero-order chi connectivity index (χ0) is 17.8. The van der Waals surface area contributed by atoms with Crippen molar-refractivity contribution in [1.82, 2.24) is 9.80 Å². The molecule has 25 heavy (non-hydrogen) atoms. The first-order chi connectivity index (χ1) is 12.1. The topological polar surface area (TPSA) is 70.2 Å². The summed E-state index contributed by atoms with van der Waals surface area (Å²) < 4.78 is 4.76. The second-order valence-corrected chi connectivity index (χ2v) is 6.37. The molecule has 0 bridgehead atoms. The molecule has 2 saturated heterocycles. The van der Waals surface area contributed by atoms with Crippen LogP contribution in [0.3, 0.4) is 0 Å². The molecule has 0 saturated carbocycles. The van der Waals surface area contributed by atoms with E-state index in [4.69, 9.17) is 4.74 Å². The first-order valence-electron chi connectivity index (χ1n) is 8.57. The fourth-order valence-electron chi connectivity index (χ4n) is 3.37. The number of hydrogen-bond donors (Lipinski definition) is 0. The van der Waals surface area contributed by atoms with Crippen molar-refractivity contribution in [1.29, 1.82) is 0 Å². The zero-order valence-electron chi connectivity index (χ0n) is 14.4. The molecule has 134 valence electrons. The number of ether oxygens (including phenoxy) is 1. The molecule has 0 N–H and O–H groups in total. The molecule has 2 aliphatic rings. The smallest absolute Gasteiger partial charge is 0.325 e. The van der Waals surface area contributed by atoms with Gasteiger partial charge in [-0.25, -0.2) is 4.79 Å². The third kappa shape index (κ3) is 3.75. The van der Waals surface area contributed by atoms with Gasteiger partial charge >= 0.3 is 12.0 Å². The van der Waals surface area contributed by atoms with Crippen LogP contribution >= 0.6 is 0 Å². The Hall–Kier alpha value is -2.57. The van der Waals surface area contributed by atoms with Crippen LogP contribution in [0.1, 0.15) is 12.8 Å². The number of carbonyl (C=O) groups is 3. The van der Waals surface area contributed by atoms with Crippen molar-refractivity contribution >= 4 is 23.6 Å². The van der Waals surface area contributed by atoms with Crippen molar-refractivity contribution in [3.05, 3.63) is 30.3 Å². The Bertz CT molecular complexity index is 641. The summed E-state index contributed by atoms with van der Waals surface area (Å²) in [5, 5.41) is 0. The van der Waals surface area contributed by atoms with E-state index in [0.717, 1.165) is 5.69 Å². The SMILES string of the molecule is COC(=O)C1CCN(C(=O)CN2CCN(c3ccccc3)C2=O)CC1. The molecule has 2 aliphatic heterocycles. The van der Waals surface area contributed by atoms with Crippen molar-refractivity contribution in [3.8, 4) is 0 Å². The van der Waals surface area contributed by atoms with Gasteiger partial charge in [0.1, 0.15) is 6.54 Å². The molecule has 0 radical (unpaired) electrons. The van der Waals surface area contributed by atoms with Crippen LogP contribution in [0, 0.1) is 5.92 Å². The number of esters is 1. The normalized spacial score (nSPS) is 18.6. The Morgan fingerprint density at radius 3 is 2.40 bits per heavy atom. The number of benzene rings is 1. The summed E-state index contributed by atoms with van der Waals surface area (Å²) in [6.45, 7) is 2.27. The highest BCUT2D eigenvalue weighted by Gasteiger charge is 2.33. The Labute approximate surface area is 147 Å². The van der Waals surface area contributed by atoms with E-state index in [-0.39, 0.29) is 30.4 Å². The van der Waals surface area contributed by atoms with Crippen LogP contribution in [0.2, 0.25) is 0 Å². The number of nitrogens with zero attached hydrogens (tertiary/aromatic N) is 3. The van der Waals surface area contributed by atoms with E-state index in [1.807, 2.05) is 30.3 Å². The molecule has 0 atom stereocenters. The van der Waals surface area contributed by atoms with E-state index in [2.05, 4.69) is 0 Å². The number of para-hydroxylation sites is 1. The fourth-order valence-corrected chi connectivity index (χ4v) is 3.37. The third-order valence-corrected chi connectivity index (χ3v) is 4.87. The highest BCUT2D eigenvalue weighted by Crippen LogP contribution is 2.21. The predicted octanol–water partition coefficient (Wildman–Crippen LogP) is 1.34. The molecule has 7 nitrogen and oxygen atoms in total. The summed E-state index contributed by atoms with van der Waals surface area (Å²) in [5.74, 6) is -0.400. The number of likely N-dealkylation sites (tertiary alicyclic amines) is 1. The maximum atomic E-state index is 12.5. The van der Waals surface area contributed by atoms with Gasteiger partial charge in [0.05, 0.1) is 13.0 Å². The lowest BCUT2D eigenvalue weighted by Crippen LogP contribution is -2.46. The lowest BCUT2D eigenvalue weighted by atomic mass is 9.97. The van der Waals surface area contributed by atoms with Crippen LogP contribution < -0.4 is 4.90 Å². The summed E-state index contributed by atoms with van der Waals surface area (Å²) in [7, 11) is 1.39. The van der Waals surface area contributed by atoms with E-state index in [1.54, 1.807) is 14.7 Å². The van der Waals surface area contributed by atoms with Crippen molar-refractivity contribution in [2.24, 2.45) is 5.92 Å². The van der Waals surface area contributed by atoms with Gasteiger partial charge in [0, 0.05) is 31.9 Å². The lowest BCUT2D eigenvalue weighted by molar-refractivity contribution is -0.148. The molecule has 0 aliphatic carbocycles. The van der Waals surface area contributed by atoms with Crippen LogP contribution in [0.15, 0.2) is 30.3 Å². The van der Waals surface area contributed by atoms with Gasteiger partial charge < -0.3 is 14.5 Å². The maximum absolute atomic E-state index is 12.5. The van der Waals surface area contributed by atoms with Crippen LogP contribution in [0.5, 0.6) is 0 Å². The number of anilines is 1. The minimum atomic E-state index is -0.208. The Kier molecular flexibility index (Phi) is 5.21. The van der Waals surface area contributed by atoms with E-state index in [0.29, 0.717) is 39.0 Å². The van der Waals surface area contributed by atoms with Crippen molar-refractivity contribution < 1.29 is 19.1 Å². The Morgan fingerprint density at radius 1 is 1.08 bits per heavy atom. The predicted molar refractivity (Wildman–Crippen MR) is 92.1 cm³/mol. The standard InChI is InChI=1S/C18H23N3O4/c1-25-17(23)14-7-9-19(10-8-14)16(22)13-20-11-12-21(18(20)24)15-5-3-2-4-6-15/h2-6,14H,7-13H2,1H3. The monoisotopic (exact) mass is 345 g/mol. The van der Waals surface area contributed by atoms with Crippen LogP contribution in [-0.2, 0) is 14.3 Å². The number of urea groups is 1. The summed E-state index contributed by atoms with van der Waals surface area (Å²) in [6, 6.07) is 9.33. The highest BCUT2D eigenvalue weighted by molar-refractivity contribution is 5.96. The molecule has 0 spiro atoms. The number of hydrogen-bond acceptors (Lipinski definition) is 4. The maximum Gasteiger partial charge on any atom is 0.325 e. The highest BCUT2D eigenvalue weighted by atomic mass is 16.5. The average molecular weight is 345 g/mol. The molecule has 3 rings (SSSR count). The number of piperidine rings is 1. The number of amides is 3. The van der Waals surface area contributed by atoms with E-state index in [9.17, 15) is 14.4 Å². The van der Waals surface area contributed by atoms with E-state index < -0.39 is 0 Å². The fraction of sp³-hybridized carbons (Fsp3) is 0.500. The van der Waals surface area contributed by atoms with Gasteiger partial charge in [-0.2, -0.15) is 0 Å². The van der Waals surface area contributed by atoms with E-state index in [1.165, 1.54) is 7.11 Å². The van der Waals surface area contributed by atoms with Crippen LogP contribution in [-0.4, -0.2) is 67.5 Å². The van der Waals surface area contributed by atoms with Crippen LogP contribution in [0.4, 0.5) is 10.5 Å². The molecule has 0 aromatic heterocycles. The molecule has 3 amide bonds. The molecular weight excluding hydrogens is 322 g/mol. The average Bonchev–Trinajstić information content (AvgIpc) is 3.02. The minimum absolute atomic E-state index is 0.0634. The van der Waals surface area contributed by atoms with Gasteiger partial charge in [0.25, 0.3) is 0 Å². The van der Waals surface area contributed by atoms with Crippen molar-refractivity contribution in [2.45, 2.75) is 12.8 Å². The van der Waals surface area contributed by atoms with Crippen LogP contribution in [0.25, 0.3) is 0 Å². The summed E-state index contributed by atoms with van der Waals surface area (Å²) >= 11 is 0. The second kappa shape index (κ2) is 7.55. The first-order valence-corrected chi connectivity index (χ1v) is 8.57. The molecular formula is C18H23N3O4. The van der Waals surface area contributed by atoms with E-state index >= 15 is 0 Å².